The lowest BCUT2D eigenvalue weighted by Crippen LogP contribution is -2.29. The van der Waals surface area contributed by atoms with Gasteiger partial charge in [0.1, 0.15) is 5.01 Å². The maximum atomic E-state index is 12.3. The summed E-state index contributed by atoms with van der Waals surface area (Å²) in [4.78, 5) is 37.6. The van der Waals surface area contributed by atoms with E-state index in [-0.39, 0.29) is 11.4 Å². The molecule has 3 aromatic rings. The predicted molar refractivity (Wildman–Crippen MR) is 137 cm³/mol. The van der Waals surface area contributed by atoms with Crippen molar-refractivity contribution in [2.45, 2.75) is 20.3 Å². The number of benzene rings is 2. The van der Waals surface area contributed by atoms with Crippen LogP contribution < -0.4 is 5.32 Å². The van der Waals surface area contributed by atoms with E-state index in [9.17, 15) is 4.79 Å². The first-order chi connectivity index (χ1) is 16.3. The molecule has 0 aliphatic rings. The average molecular weight is 502 g/mol. The molecule has 5 N–H and O–H groups in total. The number of carboxylic acids is 2. The highest BCUT2D eigenvalue weighted by Gasteiger charge is 2.09. The molecule has 188 valence electrons. The Balaban J connectivity index is 0.000000780. The summed E-state index contributed by atoms with van der Waals surface area (Å²) in [5.41, 5.74) is 3.77. The van der Waals surface area contributed by atoms with Gasteiger partial charge in [0.15, 0.2) is 0 Å². The molecule has 0 saturated heterocycles. The van der Waals surface area contributed by atoms with Gasteiger partial charge in [0.05, 0.1) is 5.69 Å². The molecule has 0 aliphatic carbocycles. The van der Waals surface area contributed by atoms with Crippen LogP contribution in [0.4, 0.5) is 0 Å². The molecular weight excluding hydrogens is 470 g/mol. The van der Waals surface area contributed by atoms with E-state index in [2.05, 4.69) is 41.6 Å². The SMILES string of the molecule is CCN(CC)CCCNC(=O)c1ccc(-c2csc(-c3ccccc3)n2)cc1.O.O=C(O)C(=O)O. The van der Waals surface area contributed by atoms with Gasteiger partial charge < -0.3 is 25.9 Å². The molecule has 0 saturated carbocycles. The zero-order valence-corrected chi connectivity index (χ0v) is 20.5. The number of hydrogen-bond acceptors (Lipinski definition) is 6. The van der Waals surface area contributed by atoms with Crippen LogP contribution in [0.2, 0.25) is 0 Å². The molecule has 9 nitrogen and oxygen atoms in total. The Morgan fingerprint density at radius 1 is 0.914 bits per heavy atom. The second-order valence-corrected chi connectivity index (χ2v) is 8.09. The molecule has 0 bridgehead atoms. The maximum absolute atomic E-state index is 12.3. The van der Waals surface area contributed by atoms with Crippen LogP contribution in [-0.2, 0) is 9.59 Å². The van der Waals surface area contributed by atoms with Gasteiger partial charge in [-0.25, -0.2) is 14.6 Å². The average Bonchev–Trinajstić information content (AvgIpc) is 3.35. The van der Waals surface area contributed by atoms with Crippen LogP contribution in [0.3, 0.4) is 0 Å². The van der Waals surface area contributed by atoms with Crippen molar-refractivity contribution in [2.75, 3.05) is 26.2 Å². The number of thiazole rings is 1. The van der Waals surface area contributed by atoms with Gasteiger partial charge >= 0.3 is 11.9 Å². The van der Waals surface area contributed by atoms with Crippen LogP contribution >= 0.6 is 11.3 Å². The van der Waals surface area contributed by atoms with Crippen LogP contribution in [0.1, 0.15) is 30.6 Å². The minimum absolute atomic E-state index is 0. The zero-order chi connectivity index (χ0) is 24.9. The first kappa shape index (κ1) is 29.4. The van der Waals surface area contributed by atoms with E-state index in [1.54, 1.807) is 11.3 Å². The first-order valence-corrected chi connectivity index (χ1v) is 11.8. The summed E-state index contributed by atoms with van der Waals surface area (Å²) in [5.74, 6) is -3.67. The van der Waals surface area contributed by atoms with Crippen molar-refractivity contribution in [1.82, 2.24) is 15.2 Å². The van der Waals surface area contributed by atoms with Gasteiger partial charge in [-0.3, -0.25) is 4.79 Å². The number of carbonyl (C=O) groups excluding carboxylic acids is 1. The minimum atomic E-state index is -1.82. The van der Waals surface area contributed by atoms with Crippen LogP contribution in [0.25, 0.3) is 21.8 Å². The van der Waals surface area contributed by atoms with Crippen LogP contribution in [0.15, 0.2) is 60.0 Å². The van der Waals surface area contributed by atoms with Gasteiger partial charge in [0.2, 0.25) is 0 Å². The van der Waals surface area contributed by atoms with E-state index >= 15 is 0 Å². The molecule has 35 heavy (non-hydrogen) atoms. The monoisotopic (exact) mass is 501 g/mol. The summed E-state index contributed by atoms with van der Waals surface area (Å²) in [7, 11) is 0. The van der Waals surface area contributed by atoms with Gasteiger partial charge in [-0.1, -0.05) is 56.3 Å². The second-order valence-electron chi connectivity index (χ2n) is 7.23. The Morgan fingerprint density at radius 2 is 1.51 bits per heavy atom. The Hall–Kier alpha value is -3.60. The van der Waals surface area contributed by atoms with Crippen molar-refractivity contribution in [3.05, 3.63) is 65.5 Å². The fourth-order valence-electron chi connectivity index (χ4n) is 3.06. The number of rotatable bonds is 9. The first-order valence-electron chi connectivity index (χ1n) is 10.9. The van der Waals surface area contributed by atoms with E-state index < -0.39 is 11.9 Å². The topological polar surface area (TPSA) is 151 Å². The van der Waals surface area contributed by atoms with E-state index in [0.29, 0.717) is 12.1 Å². The van der Waals surface area contributed by atoms with Gasteiger partial charge in [-0.2, -0.15) is 0 Å². The number of amides is 1. The number of aromatic nitrogens is 1. The van der Waals surface area contributed by atoms with Crippen LogP contribution in [-0.4, -0.2) is 69.6 Å². The van der Waals surface area contributed by atoms with Gasteiger partial charge in [0.25, 0.3) is 5.91 Å². The standard InChI is InChI=1S/C23H27N3OS.C2H2O4.H2O/c1-3-26(4-2)16-8-15-24-22(27)19-13-11-18(12-14-19)21-17-28-23(25-21)20-9-6-5-7-10-20;3-1(4)2(5)6;/h5-7,9-14,17H,3-4,8,15-16H2,1-2H3,(H,24,27);(H,3,4)(H,5,6);1H2. The lowest BCUT2D eigenvalue weighted by molar-refractivity contribution is -0.159. The molecule has 0 radical (unpaired) electrons. The van der Waals surface area contributed by atoms with Crippen LogP contribution in [0.5, 0.6) is 0 Å². The largest absolute Gasteiger partial charge is 0.473 e. The van der Waals surface area contributed by atoms with E-state index in [1.165, 1.54) is 0 Å². The number of carbonyl (C=O) groups is 3. The van der Waals surface area contributed by atoms with Crippen molar-refractivity contribution in [1.29, 1.82) is 0 Å². The molecule has 2 aromatic carbocycles. The van der Waals surface area contributed by atoms with Crippen molar-refractivity contribution in [3.8, 4) is 21.8 Å². The fraction of sp³-hybridized carbons (Fsp3) is 0.280. The van der Waals surface area contributed by atoms with Gasteiger partial charge in [-0.15, -0.1) is 11.3 Å². The molecule has 1 heterocycles. The smallest absolute Gasteiger partial charge is 0.414 e. The summed E-state index contributed by atoms with van der Waals surface area (Å²) in [6.45, 7) is 8.13. The molecule has 1 amide bonds. The number of nitrogens with zero attached hydrogens (tertiary/aromatic N) is 2. The Kier molecular flexibility index (Phi) is 12.9. The van der Waals surface area contributed by atoms with Crippen molar-refractivity contribution in [3.63, 3.8) is 0 Å². The van der Waals surface area contributed by atoms with Gasteiger partial charge in [0, 0.05) is 28.6 Å². The van der Waals surface area contributed by atoms with Gasteiger partial charge in [-0.05, 0) is 38.2 Å². The number of aliphatic carboxylic acids is 2. The Bertz CT molecular complexity index is 1050. The highest BCUT2D eigenvalue weighted by Crippen LogP contribution is 2.28. The van der Waals surface area contributed by atoms with Crippen molar-refractivity contribution >= 4 is 29.2 Å². The predicted octanol–water partition coefficient (Wildman–Crippen LogP) is 3.27. The quantitative estimate of drug-likeness (QED) is 0.301. The third kappa shape index (κ3) is 9.65. The molecule has 1 aromatic heterocycles. The summed E-state index contributed by atoms with van der Waals surface area (Å²) in [5, 5.41) is 20.9. The van der Waals surface area contributed by atoms with E-state index in [1.807, 2.05) is 42.5 Å². The van der Waals surface area contributed by atoms with E-state index in [0.717, 1.165) is 47.9 Å². The summed E-state index contributed by atoms with van der Waals surface area (Å²) in [6.07, 6.45) is 0.965. The summed E-state index contributed by atoms with van der Waals surface area (Å²) < 4.78 is 0. The molecule has 0 spiro atoms. The summed E-state index contributed by atoms with van der Waals surface area (Å²) >= 11 is 1.63. The van der Waals surface area contributed by atoms with Crippen LogP contribution in [0, 0.1) is 0 Å². The number of carboxylic acid groups (broad SMARTS) is 2. The third-order valence-electron chi connectivity index (χ3n) is 4.98. The second kappa shape index (κ2) is 15.3. The Morgan fingerprint density at radius 3 is 2.06 bits per heavy atom. The highest BCUT2D eigenvalue weighted by molar-refractivity contribution is 7.13. The molecule has 0 aliphatic heterocycles. The minimum Gasteiger partial charge on any atom is -0.473 e. The van der Waals surface area contributed by atoms with E-state index in [4.69, 9.17) is 24.8 Å². The molecular formula is C25H31N3O6S. The maximum Gasteiger partial charge on any atom is 0.414 e. The lowest BCUT2D eigenvalue weighted by atomic mass is 10.1. The highest BCUT2D eigenvalue weighted by atomic mass is 32.1. The Labute approximate surface area is 208 Å². The molecule has 0 fully saturated rings. The van der Waals surface area contributed by atoms with Crippen molar-refractivity contribution in [2.24, 2.45) is 0 Å². The number of hydrogen-bond donors (Lipinski definition) is 3. The molecule has 10 heteroatoms. The fourth-order valence-corrected chi connectivity index (χ4v) is 3.89. The third-order valence-corrected chi connectivity index (χ3v) is 5.87. The molecule has 0 atom stereocenters. The number of nitrogens with one attached hydrogen (secondary N) is 1. The zero-order valence-electron chi connectivity index (χ0n) is 19.7. The van der Waals surface area contributed by atoms with Crippen molar-refractivity contribution < 1.29 is 30.1 Å². The molecule has 0 unspecified atom stereocenters. The normalized spacial score (nSPS) is 10.0. The summed E-state index contributed by atoms with van der Waals surface area (Å²) in [6, 6.07) is 17.9. The lowest BCUT2D eigenvalue weighted by Gasteiger charge is -2.17. The molecule has 3 rings (SSSR count).